The molecule has 4 nitrogen and oxygen atoms in total. The molecule has 2 N–H and O–H groups in total. The van der Waals surface area contributed by atoms with Gasteiger partial charge in [0.2, 0.25) is 0 Å². The molecule has 1 aromatic carbocycles. The van der Waals surface area contributed by atoms with E-state index in [0.29, 0.717) is 13.2 Å². The number of carbonyl (C=O) groups is 1. The molecule has 0 bridgehead atoms. The third kappa shape index (κ3) is 4.37. The van der Waals surface area contributed by atoms with Gasteiger partial charge in [-0.2, -0.15) is 0 Å². The van der Waals surface area contributed by atoms with Crippen molar-refractivity contribution in [2.24, 2.45) is 0 Å². The van der Waals surface area contributed by atoms with E-state index in [9.17, 15) is 4.79 Å². The molecule has 0 amide bonds. The van der Waals surface area contributed by atoms with Crippen LogP contribution in [0.1, 0.15) is 26.3 Å². The van der Waals surface area contributed by atoms with Gasteiger partial charge in [0.1, 0.15) is 11.3 Å². The van der Waals surface area contributed by atoms with Crippen molar-refractivity contribution < 1.29 is 14.6 Å². The first-order chi connectivity index (χ1) is 8.45. The number of nitrogens with one attached hydrogen (secondary N) is 1. The Hall–Kier alpha value is -1.55. The molecule has 1 rings (SSSR count). The molecular weight excluding hydrogens is 230 g/mol. The lowest BCUT2D eigenvalue weighted by molar-refractivity contribution is -0.143. The Kier molecular flexibility index (Phi) is 5.16. The van der Waals surface area contributed by atoms with Gasteiger partial charge < -0.3 is 15.2 Å². The molecular formula is C14H21NO3. The van der Waals surface area contributed by atoms with Crippen LogP contribution in [-0.4, -0.2) is 29.8 Å². The van der Waals surface area contributed by atoms with Crippen molar-refractivity contribution in [3.05, 3.63) is 29.8 Å². The molecule has 0 unspecified atom stereocenters. The fraction of sp³-hybridized carbons (Fsp3) is 0.500. The standard InChI is InChI=1S/C14H21NO3/c1-4-18-12-7-5-11(6-8-12)9-10-15-14(2,3)13(16)17/h5-8,15H,4,9-10H2,1-3H3,(H,16,17). The van der Waals surface area contributed by atoms with E-state index in [1.54, 1.807) is 13.8 Å². The highest BCUT2D eigenvalue weighted by Gasteiger charge is 2.25. The lowest BCUT2D eigenvalue weighted by atomic mass is 10.1. The van der Waals surface area contributed by atoms with Crippen LogP contribution in [0.3, 0.4) is 0 Å². The van der Waals surface area contributed by atoms with Crippen LogP contribution in [0.4, 0.5) is 0 Å². The maximum absolute atomic E-state index is 10.9. The number of aliphatic carboxylic acids is 1. The van der Waals surface area contributed by atoms with E-state index in [2.05, 4.69) is 5.32 Å². The van der Waals surface area contributed by atoms with Crippen LogP contribution in [0.5, 0.6) is 5.75 Å². The van der Waals surface area contributed by atoms with Crippen LogP contribution < -0.4 is 10.1 Å². The summed E-state index contributed by atoms with van der Waals surface area (Å²) in [7, 11) is 0. The Bertz CT molecular complexity index is 385. The minimum atomic E-state index is -0.884. The first-order valence-corrected chi connectivity index (χ1v) is 6.16. The molecule has 100 valence electrons. The van der Waals surface area contributed by atoms with Crippen LogP contribution in [0.25, 0.3) is 0 Å². The quantitative estimate of drug-likeness (QED) is 0.779. The maximum atomic E-state index is 10.9. The first-order valence-electron chi connectivity index (χ1n) is 6.16. The smallest absolute Gasteiger partial charge is 0.323 e. The highest BCUT2D eigenvalue weighted by Crippen LogP contribution is 2.12. The normalized spacial score (nSPS) is 11.3. The second kappa shape index (κ2) is 6.40. The van der Waals surface area contributed by atoms with Gasteiger partial charge in [0.05, 0.1) is 6.61 Å². The lowest BCUT2D eigenvalue weighted by Crippen LogP contribution is -2.47. The van der Waals surface area contributed by atoms with Crippen molar-refractivity contribution in [1.29, 1.82) is 0 Å². The summed E-state index contributed by atoms with van der Waals surface area (Å²) in [5, 5.41) is 12.0. The van der Waals surface area contributed by atoms with Gasteiger partial charge in [0.15, 0.2) is 0 Å². The molecule has 0 aliphatic rings. The zero-order valence-corrected chi connectivity index (χ0v) is 11.2. The predicted octanol–water partition coefficient (Wildman–Crippen LogP) is 2.08. The number of benzene rings is 1. The molecule has 0 radical (unpaired) electrons. The molecule has 0 aliphatic carbocycles. The van der Waals surface area contributed by atoms with Crippen molar-refractivity contribution in [1.82, 2.24) is 5.32 Å². The van der Waals surface area contributed by atoms with Gasteiger partial charge >= 0.3 is 5.97 Å². The Balaban J connectivity index is 2.42. The topological polar surface area (TPSA) is 58.6 Å². The molecule has 0 aliphatic heterocycles. The van der Waals surface area contributed by atoms with Crippen molar-refractivity contribution in [3.63, 3.8) is 0 Å². The summed E-state index contributed by atoms with van der Waals surface area (Å²) in [6, 6.07) is 7.86. The van der Waals surface area contributed by atoms with Gasteiger partial charge in [-0.25, -0.2) is 0 Å². The maximum Gasteiger partial charge on any atom is 0.323 e. The van der Waals surface area contributed by atoms with Crippen molar-refractivity contribution in [3.8, 4) is 5.75 Å². The fourth-order valence-corrected chi connectivity index (χ4v) is 1.51. The van der Waals surface area contributed by atoms with E-state index in [0.717, 1.165) is 17.7 Å². The summed E-state index contributed by atoms with van der Waals surface area (Å²) >= 11 is 0. The third-order valence-corrected chi connectivity index (χ3v) is 2.75. The number of rotatable bonds is 7. The number of carboxylic acid groups (broad SMARTS) is 1. The average molecular weight is 251 g/mol. The van der Waals surface area contributed by atoms with Crippen molar-refractivity contribution in [2.45, 2.75) is 32.7 Å². The van der Waals surface area contributed by atoms with Gasteiger partial charge in [-0.05, 0) is 44.9 Å². The van der Waals surface area contributed by atoms with E-state index in [1.807, 2.05) is 31.2 Å². The average Bonchev–Trinajstić information content (AvgIpc) is 2.31. The Labute approximate surface area is 108 Å². The number of carboxylic acids is 1. The molecule has 0 spiro atoms. The van der Waals surface area contributed by atoms with E-state index >= 15 is 0 Å². The number of hydrogen-bond donors (Lipinski definition) is 2. The lowest BCUT2D eigenvalue weighted by Gasteiger charge is -2.20. The molecule has 1 aromatic rings. The molecule has 0 heterocycles. The van der Waals surface area contributed by atoms with Crippen LogP contribution in [-0.2, 0) is 11.2 Å². The van der Waals surface area contributed by atoms with Gasteiger partial charge in [-0.1, -0.05) is 12.1 Å². The van der Waals surface area contributed by atoms with Gasteiger partial charge in [-0.15, -0.1) is 0 Å². The Morgan fingerprint density at radius 3 is 2.44 bits per heavy atom. The molecule has 0 aromatic heterocycles. The van der Waals surface area contributed by atoms with Crippen LogP contribution in [0.15, 0.2) is 24.3 Å². The molecule has 0 saturated carbocycles. The van der Waals surface area contributed by atoms with E-state index in [1.165, 1.54) is 0 Å². The summed E-state index contributed by atoms with van der Waals surface area (Å²) < 4.78 is 5.36. The monoisotopic (exact) mass is 251 g/mol. The summed E-state index contributed by atoms with van der Waals surface area (Å²) in [5.41, 5.74) is 0.276. The first kappa shape index (κ1) is 14.5. The van der Waals surface area contributed by atoms with E-state index in [4.69, 9.17) is 9.84 Å². The summed E-state index contributed by atoms with van der Waals surface area (Å²) in [6.07, 6.45) is 0.795. The number of hydrogen-bond acceptors (Lipinski definition) is 3. The molecule has 0 saturated heterocycles. The van der Waals surface area contributed by atoms with E-state index in [-0.39, 0.29) is 0 Å². The summed E-state index contributed by atoms with van der Waals surface area (Å²) in [5.74, 6) is 0.0225. The fourth-order valence-electron chi connectivity index (χ4n) is 1.51. The van der Waals surface area contributed by atoms with Gasteiger partial charge in [-0.3, -0.25) is 4.79 Å². The zero-order chi connectivity index (χ0) is 13.6. The molecule has 0 fully saturated rings. The largest absolute Gasteiger partial charge is 0.494 e. The second-order valence-corrected chi connectivity index (χ2v) is 4.68. The van der Waals surface area contributed by atoms with Crippen molar-refractivity contribution >= 4 is 5.97 Å². The Morgan fingerprint density at radius 2 is 1.94 bits per heavy atom. The van der Waals surface area contributed by atoms with Gasteiger partial charge in [0, 0.05) is 6.54 Å². The molecule has 4 heteroatoms. The van der Waals surface area contributed by atoms with E-state index < -0.39 is 11.5 Å². The SMILES string of the molecule is CCOc1ccc(CCNC(C)(C)C(=O)O)cc1. The predicted molar refractivity (Wildman–Crippen MR) is 71.0 cm³/mol. The highest BCUT2D eigenvalue weighted by atomic mass is 16.5. The van der Waals surface area contributed by atoms with Crippen LogP contribution >= 0.6 is 0 Å². The van der Waals surface area contributed by atoms with Crippen LogP contribution in [0.2, 0.25) is 0 Å². The molecule has 18 heavy (non-hydrogen) atoms. The summed E-state index contributed by atoms with van der Waals surface area (Å²) in [6.45, 7) is 6.56. The highest BCUT2D eigenvalue weighted by molar-refractivity contribution is 5.77. The second-order valence-electron chi connectivity index (χ2n) is 4.68. The minimum Gasteiger partial charge on any atom is -0.494 e. The zero-order valence-electron chi connectivity index (χ0n) is 11.2. The Morgan fingerprint density at radius 1 is 1.33 bits per heavy atom. The van der Waals surface area contributed by atoms with Gasteiger partial charge in [0.25, 0.3) is 0 Å². The van der Waals surface area contributed by atoms with Crippen molar-refractivity contribution in [2.75, 3.05) is 13.2 Å². The molecule has 0 atom stereocenters. The third-order valence-electron chi connectivity index (χ3n) is 2.75. The van der Waals surface area contributed by atoms with Crippen LogP contribution in [0, 0.1) is 0 Å². The minimum absolute atomic E-state index is 0.632. The number of ether oxygens (including phenoxy) is 1. The summed E-state index contributed by atoms with van der Waals surface area (Å²) in [4.78, 5) is 10.9.